The normalized spacial score (nSPS) is 13.7. The summed E-state index contributed by atoms with van der Waals surface area (Å²) in [5.74, 6) is -2.36. The second-order valence-electron chi connectivity index (χ2n) is 15.6. The third-order valence-electron chi connectivity index (χ3n) is 10.1. The number of unbranched alkanes of at least 4 members (excludes halogenated alkanes) is 29. The van der Waals surface area contributed by atoms with Gasteiger partial charge in [0.2, 0.25) is 0 Å². The highest BCUT2D eigenvalue weighted by Gasteiger charge is 2.28. The Labute approximate surface area is 335 Å². The molecule has 0 radical (unpaired) electrons. The maximum absolute atomic E-state index is 12.6. The van der Waals surface area contributed by atoms with Gasteiger partial charge in [0.05, 0.1) is 13.2 Å². The molecule has 0 amide bonds. The zero-order valence-corrected chi connectivity index (χ0v) is 36.2. The lowest BCUT2D eigenvalue weighted by molar-refractivity contribution is -0.161. The standard InChI is InChI=1S/C43H84NO10P/c1-3-5-7-9-11-13-15-17-19-20-21-23-24-26-28-30-32-34-41(45)51-36-39(37-52-55(49,50)53-38-40(44)43(47)48)54-42(46)35-33-31-29-27-25-22-18-16-14-12-10-8-6-4-2/h39-40H,3-38,44H2,1-2H3,(H,47,48)(H,49,50)/t39-,40+/m1/s1. The number of carbonyl (C=O) groups is 3. The van der Waals surface area contributed by atoms with Crippen LogP contribution in [0.15, 0.2) is 0 Å². The van der Waals surface area contributed by atoms with E-state index in [1.54, 1.807) is 0 Å². The Hall–Kier alpha value is -1.52. The van der Waals surface area contributed by atoms with Crippen LogP contribution in [0.25, 0.3) is 0 Å². The largest absolute Gasteiger partial charge is 0.480 e. The van der Waals surface area contributed by atoms with Gasteiger partial charge >= 0.3 is 25.7 Å². The first-order valence-electron chi connectivity index (χ1n) is 22.6. The molecular formula is C43H84NO10P. The molecule has 4 N–H and O–H groups in total. The lowest BCUT2D eigenvalue weighted by Crippen LogP contribution is -2.34. The Kier molecular flexibility index (Phi) is 38.2. The summed E-state index contributed by atoms with van der Waals surface area (Å²) in [6.45, 7) is 2.84. The van der Waals surface area contributed by atoms with Gasteiger partial charge in [-0.15, -0.1) is 0 Å². The van der Waals surface area contributed by atoms with E-state index in [0.717, 1.165) is 38.5 Å². The van der Waals surface area contributed by atoms with Gasteiger partial charge in [-0.05, 0) is 12.8 Å². The SMILES string of the molecule is CCCCCCCCCCCCCCCCCCCC(=O)OC[C@H](COP(=O)(O)OC[C@H](N)C(=O)O)OC(=O)CCCCCCCCCCCCCCCC. The Bertz CT molecular complexity index is 952. The molecule has 0 aliphatic heterocycles. The Morgan fingerprint density at radius 2 is 0.800 bits per heavy atom. The number of nitrogens with two attached hydrogens (primary N) is 1. The molecule has 11 nitrogen and oxygen atoms in total. The van der Waals surface area contributed by atoms with Crippen LogP contribution in [0.5, 0.6) is 0 Å². The Morgan fingerprint density at radius 1 is 0.491 bits per heavy atom. The third kappa shape index (κ3) is 39.1. The van der Waals surface area contributed by atoms with Crippen molar-refractivity contribution in [2.75, 3.05) is 19.8 Å². The number of hydrogen-bond acceptors (Lipinski definition) is 9. The fraction of sp³-hybridized carbons (Fsp3) is 0.930. The summed E-state index contributed by atoms with van der Waals surface area (Å²) < 4.78 is 32.7. The molecule has 0 rings (SSSR count). The number of phosphoric acid groups is 1. The summed E-state index contributed by atoms with van der Waals surface area (Å²) in [5, 5.41) is 8.89. The average molecular weight is 806 g/mol. The van der Waals surface area contributed by atoms with Crippen molar-refractivity contribution >= 4 is 25.7 Å². The predicted octanol–water partition coefficient (Wildman–Crippen LogP) is 11.9. The van der Waals surface area contributed by atoms with Crippen LogP contribution >= 0.6 is 7.82 Å². The number of carbonyl (C=O) groups excluding carboxylic acids is 2. The molecule has 1 unspecified atom stereocenters. The average Bonchev–Trinajstić information content (AvgIpc) is 3.16. The highest BCUT2D eigenvalue weighted by Crippen LogP contribution is 2.43. The lowest BCUT2D eigenvalue weighted by atomic mass is 10.0. The molecule has 0 aliphatic rings. The van der Waals surface area contributed by atoms with E-state index in [1.165, 1.54) is 148 Å². The summed E-state index contributed by atoms with van der Waals surface area (Å²) >= 11 is 0. The highest BCUT2D eigenvalue weighted by molar-refractivity contribution is 7.47. The van der Waals surface area contributed by atoms with Gasteiger partial charge in [-0.2, -0.15) is 0 Å². The molecule has 0 aromatic heterocycles. The van der Waals surface area contributed by atoms with Crippen molar-refractivity contribution in [3.8, 4) is 0 Å². The number of esters is 2. The molecule has 0 aromatic rings. The van der Waals surface area contributed by atoms with E-state index in [-0.39, 0.29) is 19.4 Å². The zero-order valence-electron chi connectivity index (χ0n) is 35.3. The van der Waals surface area contributed by atoms with Gasteiger partial charge < -0.3 is 25.2 Å². The zero-order chi connectivity index (χ0) is 40.7. The fourth-order valence-corrected chi connectivity index (χ4v) is 7.32. The van der Waals surface area contributed by atoms with Crippen LogP contribution in [0.3, 0.4) is 0 Å². The molecule has 55 heavy (non-hydrogen) atoms. The van der Waals surface area contributed by atoms with Crippen LogP contribution in [0.1, 0.15) is 226 Å². The molecule has 0 saturated carbocycles. The number of hydrogen-bond donors (Lipinski definition) is 3. The van der Waals surface area contributed by atoms with Gasteiger partial charge in [0.15, 0.2) is 6.10 Å². The highest BCUT2D eigenvalue weighted by atomic mass is 31.2. The maximum atomic E-state index is 12.6. The van der Waals surface area contributed by atoms with Crippen LogP contribution in [0.4, 0.5) is 0 Å². The second-order valence-corrected chi connectivity index (χ2v) is 17.0. The number of carboxylic acid groups (broad SMARTS) is 1. The minimum Gasteiger partial charge on any atom is -0.480 e. The van der Waals surface area contributed by atoms with Crippen molar-refractivity contribution in [2.45, 2.75) is 238 Å². The van der Waals surface area contributed by atoms with E-state index < -0.39 is 51.1 Å². The first kappa shape index (κ1) is 53.5. The molecule has 0 aromatic carbocycles. The van der Waals surface area contributed by atoms with Gasteiger partial charge in [0.25, 0.3) is 0 Å². The van der Waals surface area contributed by atoms with Crippen molar-refractivity contribution in [1.29, 1.82) is 0 Å². The van der Waals surface area contributed by atoms with Crippen molar-refractivity contribution in [2.24, 2.45) is 5.73 Å². The molecule has 0 spiro atoms. The summed E-state index contributed by atoms with van der Waals surface area (Å²) in [5.41, 5.74) is 5.33. The summed E-state index contributed by atoms with van der Waals surface area (Å²) in [4.78, 5) is 46.0. The van der Waals surface area contributed by atoms with Crippen LogP contribution in [-0.4, -0.2) is 59.9 Å². The molecule has 12 heteroatoms. The van der Waals surface area contributed by atoms with Gasteiger partial charge in [-0.1, -0.05) is 200 Å². The predicted molar refractivity (Wildman–Crippen MR) is 222 cm³/mol. The third-order valence-corrected chi connectivity index (χ3v) is 11.1. The van der Waals surface area contributed by atoms with E-state index >= 15 is 0 Å². The van der Waals surface area contributed by atoms with E-state index in [0.29, 0.717) is 12.8 Å². The van der Waals surface area contributed by atoms with Gasteiger partial charge in [0.1, 0.15) is 12.6 Å². The Morgan fingerprint density at radius 3 is 1.15 bits per heavy atom. The number of aliphatic carboxylic acids is 1. The van der Waals surface area contributed by atoms with Gasteiger partial charge in [-0.3, -0.25) is 23.4 Å². The monoisotopic (exact) mass is 806 g/mol. The molecule has 3 atom stereocenters. The molecule has 0 heterocycles. The van der Waals surface area contributed by atoms with E-state index in [9.17, 15) is 23.8 Å². The number of rotatable bonds is 43. The first-order valence-corrected chi connectivity index (χ1v) is 24.1. The topological polar surface area (TPSA) is 172 Å². The minimum absolute atomic E-state index is 0.169. The number of ether oxygens (including phenoxy) is 2. The van der Waals surface area contributed by atoms with E-state index in [4.69, 9.17) is 24.8 Å². The Balaban J connectivity index is 4.28. The van der Waals surface area contributed by atoms with Gasteiger partial charge in [-0.25, -0.2) is 4.57 Å². The second kappa shape index (κ2) is 39.3. The molecule has 326 valence electrons. The molecule has 0 bridgehead atoms. The summed E-state index contributed by atoms with van der Waals surface area (Å²) in [6, 6.07) is -1.52. The van der Waals surface area contributed by atoms with Crippen molar-refractivity contribution < 1.29 is 47.5 Å². The molecule has 0 saturated heterocycles. The quantitative estimate of drug-likeness (QED) is 0.0304. The van der Waals surface area contributed by atoms with Crippen LogP contribution < -0.4 is 5.73 Å². The van der Waals surface area contributed by atoms with E-state index in [1.807, 2.05) is 0 Å². The maximum Gasteiger partial charge on any atom is 0.472 e. The summed E-state index contributed by atoms with van der Waals surface area (Å²) in [6.07, 6.45) is 37.3. The van der Waals surface area contributed by atoms with Crippen LogP contribution in [0.2, 0.25) is 0 Å². The number of carboxylic acids is 1. The van der Waals surface area contributed by atoms with Crippen molar-refractivity contribution in [1.82, 2.24) is 0 Å². The number of phosphoric ester groups is 1. The lowest BCUT2D eigenvalue weighted by Gasteiger charge is -2.20. The van der Waals surface area contributed by atoms with Crippen LogP contribution in [-0.2, 0) is 37.5 Å². The van der Waals surface area contributed by atoms with Crippen molar-refractivity contribution in [3.05, 3.63) is 0 Å². The van der Waals surface area contributed by atoms with Gasteiger partial charge in [0, 0.05) is 12.8 Å². The molecule has 0 aliphatic carbocycles. The smallest absolute Gasteiger partial charge is 0.472 e. The molecule has 0 fully saturated rings. The first-order chi connectivity index (χ1) is 26.6. The molecular weight excluding hydrogens is 721 g/mol. The van der Waals surface area contributed by atoms with E-state index in [2.05, 4.69) is 18.4 Å². The summed E-state index contributed by atoms with van der Waals surface area (Å²) in [7, 11) is -4.71. The van der Waals surface area contributed by atoms with Crippen LogP contribution in [0, 0.1) is 0 Å². The van der Waals surface area contributed by atoms with Crippen molar-refractivity contribution in [3.63, 3.8) is 0 Å². The minimum atomic E-state index is -4.71. The fourth-order valence-electron chi connectivity index (χ4n) is 6.54.